The molecule has 0 fully saturated rings. The van der Waals surface area contributed by atoms with E-state index in [0.717, 1.165) is 31.6 Å². The number of aliphatic carboxylic acids is 1. The Morgan fingerprint density at radius 1 is 1.54 bits per heavy atom. The number of hydrogen-bond acceptors (Lipinski definition) is 4. The molecule has 0 amide bonds. The molecule has 0 aliphatic rings. The highest BCUT2D eigenvalue weighted by Gasteiger charge is 2.08. The molecule has 5 heteroatoms. The maximum absolute atomic E-state index is 10.4. The lowest BCUT2D eigenvalue weighted by Crippen LogP contribution is -2.28. The molecule has 0 heterocycles. The zero-order chi connectivity index (χ0) is 10.1. The van der Waals surface area contributed by atoms with E-state index in [2.05, 4.69) is 4.72 Å². The highest BCUT2D eigenvalue weighted by atomic mass is 32.2. The minimum Gasteiger partial charge on any atom is -0.480 e. The van der Waals surface area contributed by atoms with Crippen LogP contribution >= 0.6 is 11.9 Å². The van der Waals surface area contributed by atoms with Gasteiger partial charge < -0.3 is 10.8 Å². The van der Waals surface area contributed by atoms with Gasteiger partial charge in [0.25, 0.3) is 0 Å². The maximum atomic E-state index is 10.4. The summed E-state index contributed by atoms with van der Waals surface area (Å²) in [7, 11) is 0. The summed E-state index contributed by atoms with van der Waals surface area (Å²) in [4.78, 5) is 10.4. The highest BCUT2D eigenvalue weighted by Crippen LogP contribution is 2.03. The van der Waals surface area contributed by atoms with Crippen molar-refractivity contribution in [3.63, 3.8) is 0 Å². The molecule has 0 unspecified atom stereocenters. The number of hydrogen-bond donors (Lipinski definition) is 3. The quantitative estimate of drug-likeness (QED) is 0.405. The van der Waals surface area contributed by atoms with E-state index < -0.39 is 12.0 Å². The first kappa shape index (κ1) is 12.7. The van der Waals surface area contributed by atoms with Gasteiger partial charge in [-0.2, -0.15) is 0 Å². The number of unbranched alkanes of at least 4 members (excludes halogenated alkanes) is 2. The normalized spacial score (nSPS) is 12.8. The van der Waals surface area contributed by atoms with Crippen molar-refractivity contribution >= 4 is 17.9 Å². The van der Waals surface area contributed by atoms with Gasteiger partial charge in [0.15, 0.2) is 0 Å². The molecule has 0 aromatic heterocycles. The van der Waals surface area contributed by atoms with Crippen LogP contribution < -0.4 is 10.5 Å². The fourth-order valence-corrected chi connectivity index (χ4v) is 1.55. The second-order valence-electron chi connectivity index (χ2n) is 2.88. The van der Waals surface area contributed by atoms with Crippen molar-refractivity contribution in [2.75, 3.05) is 12.3 Å². The number of nitrogens with two attached hydrogens (primary N) is 1. The van der Waals surface area contributed by atoms with E-state index in [4.69, 9.17) is 10.8 Å². The first-order valence-electron chi connectivity index (χ1n) is 4.48. The molecular weight excluding hydrogens is 188 g/mol. The number of carboxylic acids is 1. The highest BCUT2D eigenvalue weighted by molar-refractivity contribution is 7.97. The Hall–Kier alpha value is -0.260. The molecule has 0 spiro atoms. The van der Waals surface area contributed by atoms with Crippen LogP contribution in [0, 0.1) is 0 Å². The summed E-state index contributed by atoms with van der Waals surface area (Å²) in [6.45, 7) is 2.37. The Balaban J connectivity index is 3.11. The summed E-state index contributed by atoms with van der Waals surface area (Å²) in [6, 6.07) is -0.473. The summed E-state index contributed by atoms with van der Waals surface area (Å²) in [5, 5.41) is 8.53. The van der Waals surface area contributed by atoms with Crippen molar-refractivity contribution in [2.24, 2.45) is 5.73 Å². The van der Waals surface area contributed by atoms with Gasteiger partial charge in [-0.05, 0) is 26.3 Å². The third-order valence-electron chi connectivity index (χ3n) is 1.58. The molecule has 1 atom stereocenters. The first-order valence-corrected chi connectivity index (χ1v) is 5.47. The van der Waals surface area contributed by atoms with Crippen LogP contribution in [0.2, 0.25) is 0 Å². The number of carbonyl (C=O) groups is 1. The minimum atomic E-state index is -0.811. The van der Waals surface area contributed by atoms with Crippen molar-refractivity contribution in [1.82, 2.24) is 4.72 Å². The molecule has 13 heavy (non-hydrogen) atoms. The minimum absolute atomic E-state index is 0.473. The molecule has 0 aromatic carbocycles. The molecule has 0 bridgehead atoms. The number of nitrogens with one attached hydrogen (secondary N) is 1. The van der Waals surface area contributed by atoms with Gasteiger partial charge in [0, 0.05) is 5.75 Å². The second-order valence-corrected chi connectivity index (χ2v) is 3.81. The van der Waals surface area contributed by atoms with Gasteiger partial charge >= 0.3 is 5.97 Å². The lowest BCUT2D eigenvalue weighted by Gasteiger charge is -2.07. The average Bonchev–Trinajstić information content (AvgIpc) is 2.10. The van der Waals surface area contributed by atoms with Crippen LogP contribution in [0.15, 0.2) is 0 Å². The van der Waals surface area contributed by atoms with Crippen LogP contribution in [-0.4, -0.2) is 29.4 Å². The van der Waals surface area contributed by atoms with E-state index >= 15 is 0 Å². The van der Waals surface area contributed by atoms with E-state index in [9.17, 15) is 4.79 Å². The topological polar surface area (TPSA) is 75.3 Å². The summed E-state index contributed by atoms with van der Waals surface area (Å²) in [5.74, 6) is 0.131. The van der Waals surface area contributed by atoms with Gasteiger partial charge in [0.05, 0.1) is 0 Å². The smallest absolute Gasteiger partial charge is 0.321 e. The number of rotatable bonds is 8. The van der Waals surface area contributed by atoms with Gasteiger partial charge in [0.2, 0.25) is 0 Å². The summed E-state index contributed by atoms with van der Waals surface area (Å²) < 4.78 is 2.84. The van der Waals surface area contributed by atoms with E-state index in [-0.39, 0.29) is 0 Å². The fraction of sp³-hybridized carbons (Fsp3) is 0.875. The molecule has 0 radical (unpaired) electrons. The SMILES string of the molecule is C[C@H](NSCCCCCN)C(=O)O. The molecule has 0 aliphatic heterocycles. The van der Waals surface area contributed by atoms with Gasteiger partial charge in [0.1, 0.15) is 6.04 Å². The van der Waals surface area contributed by atoms with E-state index in [1.165, 1.54) is 11.9 Å². The van der Waals surface area contributed by atoms with Gasteiger partial charge in [-0.15, -0.1) is 0 Å². The van der Waals surface area contributed by atoms with Crippen LogP contribution in [0.1, 0.15) is 26.2 Å². The Kier molecular flexibility index (Phi) is 8.18. The van der Waals surface area contributed by atoms with Crippen LogP contribution in [0.5, 0.6) is 0 Å². The summed E-state index contributed by atoms with van der Waals surface area (Å²) >= 11 is 1.47. The zero-order valence-electron chi connectivity index (χ0n) is 7.95. The van der Waals surface area contributed by atoms with E-state index in [1.807, 2.05) is 0 Å². The standard InChI is InChI=1S/C8H18N2O2S/c1-7(8(11)12)10-13-6-4-2-3-5-9/h7,10H,2-6,9H2,1H3,(H,11,12)/t7-/m0/s1. The number of carboxylic acid groups (broad SMARTS) is 1. The molecule has 0 saturated heterocycles. The van der Waals surface area contributed by atoms with Crippen LogP contribution in [-0.2, 0) is 4.79 Å². The van der Waals surface area contributed by atoms with Crippen molar-refractivity contribution < 1.29 is 9.90 Å². The van der Waals surface area contributed by atoms with Gasteiger partial charge in [-0.25, -0.2) is 0 Å². The second kappa shape index (κ2) is 8.34. The summed E-state index contributed by atoms with van der Waals surface area (Å²) in [5.41, 5.74) is 5.33. The molecule has 0 rings (SSSR count). The molecule has 0 aromatic rings. The molecule has 0 saturated carbocycles. The zero-order valence-corrected chi connectivity index (χ0v) is 8.77. The first-order chi connectivity index (χ1) is 6.18. The predicted octanol–water partition coefficient (Wildman–Crippen LogP) is 0.826. The van der Waals surface area contributed by atoms with E-state index in [0.29, 0.717) is 0 Å². The monoisotopic (exact) mass is 206 g/mol. The van der Waals surface area contributed by atoms with Crippen molar-refractivity contribution in [2.45, 2.75) is 32.2 Å². The van der Waals surface area contributed by atoms with E-state index in [1.54, 1.807) is 6.92 Å². The Morgan fingerprint density at radius 3 is 2.77 bits per heavy atom. The van der Waals surface area contributed by atoms with Crippen LogP contribution in [0.25, 0.3) is 0 Å². The molecule has 78 valence electrons. The molecular formula is C8H18N2O2S. The van der Waals surface area contributed by atoms with Crippen LogP contribution in [0.3, 0.4) is 0 Å². The Bertz CT molecular complexity index is 144. The summed E-state index contributed by atoms with van der Waals surface area (Å²) in [6.07, 6.45) is 3.25. The fourth-order valence-electron chi connectivity index (χ4n) is 0.730. The van der Waals surface area contributed by atoms with Gasteiger partial charge in [-0.1, -0.05) is 18.4 Å². The predicted molar refractivity (Wildman–Crippen MR) is 55.6 cm³/mol. The van der Waals surface area contributed by atoms with Crippen molar-refractivity contribution in [3.8, 4) is 0 Å². The molecule has 4 N–H and O–H groups in total. The Morgan fingerprint density at radius 2 is 2.23 bits per heavy atom. The van der Waals surface area contributed by atoms with Crippen LogP contribution in [0.4, 0.5) is 0 Å². The lowest BCUT2D eigenvalue weighted by molar-refractivity contribution is -0.138. The maximum Gasteiger partial charge on any atom is 0.321 e. The molecule has 4 nitrogen and oxygen atoms in total. The molecule has 0 aliphatic carbocycles. The van der Waals surface area contributed by atoms with Gasteiger partial charge in [-0.3, -0.25) is 9.52 Å². The third kappa shape index (κ3) is 8.08. The average molecular weight is 206 g/mol. The van der Waals surface area contributed by atoms with Crippen molar-refractivity contribution in [3.05, 3.63) is 0 Å². The lowest BCUT2D eigenvalue weighted by atomic mass is 10.2. The largest absolute Gasteiger partial charge is 0.480 e. The Labute approximate surface area is 83.4 Å². The van der Waals surface area contributed by atoms with Crippen molar-refractivity contribution in [1.29, 1.82) is 0 Å². The third-order valence-corrected chi connectivity index (χ3v) is 2.59.